The number of nitrogen functional groups attached to an aromatic ring is 1. The number of amidine groups is 1. The number of nitrogens with zero attached hydrogens (tertiary/aromatic N) is 1. The molecule has 1 atom stereocenters. The van der Waals surface area contributed by atoms with Crippen LogP contribution in [0.25, 0.3) is 11.1 Å². The number of carbonyl (C=O) groups excluding carboxylic acids is 1. The summed E-state index contributed by atoms with van der Waals surface area (Å²) >= 11 is 0. The standard InChI is InChI=1S/C24H33N3O.C4H10/c1-5-6-11-23(28)27(18(4)17(2)3)16-19-12-14-20(15-13-19)21-9-7-8-10-22(21)24(25)26;1-3-4-2/h7-10,12-15,17-18H,5-6,11,16H2,1-4H3,(H3,25,26);3-4H2,1-2H3. The van der Waals surface area contributed by atoms with Crippen molar-refractivity contribution in [3.8, 4) is 11.1 Å². The van der Waals surface area contributed by atoms with Crippen LogP contribution in [-0.4, -0.2) is 22.7 Å². The van der Waals surface area contributed by atoms with Gasteiger partial charge in [0.15, 0.2) is 0 Å². The number of amides is 1. The lowest BCUT2D eigenvalue weighted by molar-refractivity contribution is -0.135. The molecular formula is C28H43N3O. The molecule has 0 radical (unpaired) electrons. The van der Waals surface area contributed by atoms with Crippen LogP contribution in [0.1, 0.15) is 84.8 Å². The smallest absolute Gasteiger partial charge is 0.223 e. The molecule has 0 heterocycles. The van der Waals surface area contributed by atoms with E-state index < -0.39 is 0 Å². The number of rotatable bonds is 10. The quantitative estimate of drug-likeness (QED) is 0.310. The summed E-state index contributed by atoms with van der Waals surface area (Å²) in [5, 5.41) is 7.78. The highest BCUT2D eigenvalue weighted by atomic mass is 16.2. The van der Waals surface area contributed by atoms with Crippen LogP contribution < -0.4 is 5.73 Å². The number of benzene rings is 2. The molecular weight excluding hydrogens is 394 g/mol. The van der Waals surface area contributed by atoms with E-state index in [1.807, 2.05) is 41.3 Å². The van der Waals surface area contributed by atoms with E-state index >= 15 is 0 Å². The molecule has 0 saturated carbocycles. The third-order valence-corrected chi connectivity index (χ3v) is 5.86. The maximum absolute atomic E-state index is 12.7. The van der Waals surface area contributed by atoms with Gasteiger partial charge >= 0.3 is 0 Å². The Kier molecular flexibility index (Phi) is 12.4. The van der Waals surface area contributed by atoms with Crippen molar-refractivity contribution in [1.82, 2.24) is 4.90 Å². The molecule has 0 bridgehead atoms. The van der Waals surface area contributed by atoms with Gasteiger partial charge in [0.25, 0.3) is 0 Å². The lowest BCUT2D eigenvalue weighted by atomic mass is 9.97. The van der Waals surface area contributed by atoms with E-state index in [1.54, 1.807) is 0 Å². The number of hydrogen-bond acceptors (Lipinski definition) is 2. The Morgan fingerprint density at radius 1 is 0.938 bits per heavy atom. The van der Waals surface area contributed by atoms with Crippen molar-refractivity contribution in [2.45, 2.75) is 86.2 Å². The van der Waals surface area contributed by atoms with Crippen molar-refractivity contribution in [3.05, 3.63) is 59.7 Å². The average molecular weight is 438 g/mol. The Balaban J connectivity index is 0.00000118. The SMILES string of the molecule is CCCC.CCCCC(=O)N(Cc1ccc(-c2ccccc2C(=N)N)cc1)C(C)C(C)C. The lowest BCUT2D eigenvalue weighted by Gasteiger charge is -2.32. The molecule has 4 nitrogen and oxygen atoms in total. The Hall–Kier alpha value is -2.62. The first kappa shape index (κ1) is 27.4. The van der Waals surface area contributed by atoms with Gasteiger partial charge in [0.05, 0.1) is 0 Å². The molecule has 0 aliphatic heterocycles. The van der Waals surface area contributed by atoms with Crippen LogP contribution >= 0.6 is 0 Å². The van der Waals surface area contributed by atoms with Gasteiger partial charge in [-0.05, 0) is 36.0 Å². The van der Waals surface area contributed by atoms with Gasteiger partial charge < -0.3 is 10.6 Å². The highest BCUT2D eigenvalue weighted by molar-refractivity contribution is 6.01. The number of hydrogen-bond donors (Lipinski definition) is 2. The van der Waals surface area contributed by atoms with Crippen LogP contribution in [0.5, 0.6) is 0 Å². The Morgan fingerprint density at radius 3 is 2.03 bits per heavy atom. The third-order valence-electron chi connectivity index (χ3n) is 5.86. The molecule has 0 aliphatic rings. The fourth-order valence-corrected chi connectivity index (χ4v) is 3.25. The second-order valence-corrected chi connectivity index (χ2v) is 8.77. The molecule has 2 rings (SSSR count). The third kappa shape index (κ3) is 8.49. The largest absolute Gasteiger partial charge is 0.384 e. The predicted molar refractivity (Wildman–Crippen MR) is 138 cm³/mol. The van der Waals surface area contributed by atoms with E-state index in [1.165, 1.54) is 12.8 Å². The van der Waals surface area contributed by atoms with Crippen LogP contribution in [0.15, 0.2) is 48.5 Å². The molecule has 2 aromatic rings. The van der Waals surface area contributed by atoms with Crippen LogP contribution in [0.4, 0.5) is 0 Å². The minimum atomic E-state index is 0.0677. The Bertz CT molecular complexity index is 825. The zero-order valence-corrected chi connectivity index (χ0v) is 20.9. The molecule has 1 amide bonds. The molecule has 1 unspecified atom stereocenters. The van der Waals surface area contributed by atoms with Gasteiger partial charge in [-0.1, -0.05) is 102 Å². The van der Waals surface area contributed by atoms with Gasteiger partial charge in [0.2, 0.25) is 5.91 Å². The summed E-state index contributed by atoms with van der Waals surface area (Å²) in [4.78, 5) is 14.8. The van der Waals surface area contributed by atoms with Gasteiger partial charge in [0.1, 0.15) is 5.84 Å². The topological polar surface area (TPSA) is 70.2 Å². The summed E-state index contributed by atoms with van der Waals surface area (Å²) in [6.45, 7) is 13.5. The summed E-state index contributed by atoms with van der Waals surface area (Å²) in [5.74, 6) is 0.708. The second kappa shape index (κ2) is 14.4. The highest BCUT2D eigenvalue weighted by Crippen LogP contribution is 2.25. The van der Waals surface area contributed by atoms with Crippen molar-refractivity contribution in [3.63, 3.8) is 0 Å². The zero-order valence-electron chi connectivity index (χ0n) is 20.9. The van der Waals surface area contributed by atoms with Gasteiger partial charge in [0, 0.05) is 24.6 Å². The molecule has 2 aromatic carbocycles. The van der Waals surface area contributed by atoms with Gasteiger partial charge in [-0.15, -0.1) is 0 Å². The molecule has 0 aliphatic carbocycles. The predicted octanol–water partition coefficient (Wildman–Crippen LogP) is 7.01. The Morgan fingerprint density at radius 2 is 1.53 bits per heavy atom. The van der Waals surface area contributed by atoms with Crippen LogP contribution in [0.2, 0.25) is 0 Å². The van der Waals surface area contributed by atoms with E-state index in [2.05, 4.69) is 53.7 Å². The average Bonchev–Trinajstić information content (AvgIpc) is 2.81. The van der Waals surface area contributed by atoms with Crippen LogP contribution in [0, 0.1) is 11.3 Å². The summed E-state index contributed by atoms with van der Waals surface area (Å²) in [7, 11) is 0. The van der Waals surface area contributed by atoms with Crippen molar-refractivity contribution in [2.75, 3.05) is 0 Å². The van der Waals surface area contributed by atoms with E-state index in [4.69, 9.17) is 11.1 Å². The highest BCUT2D eigenvalue weighted by Gasteiger charge is 2.22. The van der Waals surface area contributed by atoms with E-state index in [9.17, 15) is 4.79 Å². The van der Waals surface area contributed by atoms with Crippen LogP contribution in [0.3, 0.4) is 0 Å². The van der Waals surface area contributed by atoms with E-state index in [0.29, 0.717) is 18.9 Å². The second-order valence-electron chi connectivity index (χ2n) is 8.77. The molecule has 32 heavy (non-hydrogen) atoms. The molecule has 0 spiro atoms. The summed E-state index contributed by atoms with van der Waals surface area (Å²) < 4.78 is 0. The number of carbonyl (C=O) groups is 1. The summed E-state index contributed by atoms with van der Waals surface area (Å²) in [6.07, 6.45) is 5.21. The van der Waals surface area contributed by atoms with Gasteiger partial charge in [-0.3, -0.25) is 10.2 Å². The van der Waals surface area contributed by atoms with Gasteiger partial charge in [-0.2, -0.15) is 0 Å². The van der Waals surface area contributed by atoms with E-state index in [-0.39, 0.29) is 17.8 Å². The van der Waals surface area contributed by atoms with Crippen LogP contribution in [-0.2, 0) is 11.3 Å². The lowest BCUT2D eigenvalue weighted by Crippen LogP contribution is -2.40. The molecule has 0 fully saturated rings. The fraction of sp³-hybridized carbons (Fsp3) is 0.500. The van der Waals surface area contributed by atoms with Crippen molar-refractivity contribution < 1.29 is 4.79 Å². The zero-order chi connectivity index (χ0) is 24.1. The molecule has 0 saturated heterocycles. The Labute approximate surface area is 195 Å². The number of unbranched alkanes of at least 4 members (excludes halogenated alkanes) is 2. The minimum Gasteiger partial charge on any atom is -0.384 e. The fourth-order valence-electron chi connectivity index (χ4n) is 3.25. The molecule has 3 N–H and O–H groups in total. The van der Waals surface area contributed by atoms with Gasteiger partial charge in [-0.25, -0.2) is 0 Å². The molecule has 176 valence electrons. The molecule has 4 heteroatoms. The first-order valence-electron chi connectivity index (χ1n) is 12.1. The summed E-state index contributed by atoms with van der Waals surface area (Å²) in [5.41, 5.74) is 9.55. The van der Waals surface area contributed by atoms with E-state index in [0.717, 1.165) is 35.1 Å². The monoisotopic (exact) mass is 437 g/mol. The van der Waals surface area contributed by atoms with Crippen molar-refractivity contribution in [1.29, 1.82) is 5.41 Å². The number of nitrogens with one attached hydrogen (secondary N) is 1. The first-order valence-corrected chi connectivity index (χ1v) is 12.1. The van der Waals surface area contributed by atoms with Crippen molar-refractivity contribution in [2.24, 2.45) is 11.7 Å². The minimum absolute atomic E-state index is 0.0677. The first-order chi connectivity index (χ1) is 15.3. The van der Waals surface area contributed by atoms with Crippen molar-refractivity contribution >= 4 is 11.7 Å². The maximum atomic E-state index is 12.7. The molecule has 0 aromatic heterocycles. The maximum Gasteiger partial charge on any atom is 0.223 e. The summed E-state index contributed by atoms with van der Waals surface area (Å²) in [6, 6.07) is 16.1. The normalized spacial score (nSPS) is 11.5. The number of nitrogens with two attached hydrogens (primary N) is 1.